The zero-order valence-corrected chi connectivity index (χ0v) is 11.3. The van der Waals surface area contributed by atoms with E-state index in [0.29, 0.717) is 18.7 Å². The van der Waals surface area contributed by atoms with Crippen LogP contribution in [0.2, 0.25) is 0 Å². The first-order valence-corrected chi connectivity index (χ1v) is 6.51. The van der Waals surface area contributed by atoms with Crippen LogP contribution in [0.25, 0.3) is 0 Å². The summed E-state index contributed by atoms with van der Waals surface area (Å²) in [5.74, 6) is -0.132. The molecule has 104 valence electrons. The van der Waals surface area contributed by atoms with E-state index in [4.69, 9.17) is 4.74 Å². The topological polar surface area (TPSA) is 41.6 Å². The zero-order valence-electron chi connectivity index (χ0n) is 11.3. The van der Waals surface area contributed by atoms with E-state index in [9.17, 15) is 9.18 Å². The van der Waals surface area contributed by atoms with Gasteiger partial charge in [-0.2, -0.15) is 0 Å². The molecule has 1 aliphatic heterocycles. The third-order valence-electron chi connectivity index (χ3n) is 3.41. The molecule has 0 saturated carbocycles. The summed E-state index contributed by atoms with van der Waals surface area (Å²) in [7, 11) is 1.44. The summed E-state index contributed by atoms with van der Waals surface area (Å²) < 4.78 is 19.0. The van der Waals surface area contributed by atoms with Crippen LogP contribution in [0.4, 0.5) is 4.39 Å². The number of benzene rings is 1. The smallest absolute Gasteiger partial charge is 0.240 e. The highest BCUT2D eigenvalue weighted by Gasteiger charge is 2.27. The summed E-state index contributed by atoms with van der Waals surface area (Å²) >= 11 is 0. The lowest BCUT2D eigenvalue weighted by Gasteiger charge is -2.33. The van der Waals surface area contributed by atoms with Gasteiger partial charge in [0.1, 0.15) is 0 Å². The van der Waals surface area contributed by atoms with Crippen LogP contribution < -0.4 is 10.1 Å². The maximum absolute atomic E-state index is 14.1. The third kappa shape index (κ3) is 2.87. The molecule has 2 rings (SSSR count). The van der Waals surface area contributed by atoms with Gasteiger partial charge in [0.25, 0.3) is 0 Å². The van der Waals surface area contributed by atoms with Gasteiger partial charge in [0, 0.05) is 25.2 Å². The van der Waals surface area contributed by atoms with Gasteiger partial charge >= 0.3 is 0 Å². The van der Waals surface area contributed by atoms with Crippen LogP contribution in [-0.4, -0.2) is 37.0 Å². The van der Waals surface area contributed by atoms with Crippen molar-refractivity contribution in [2.75, 3.05) is 20.2 Å². The average molecular weight is 266 g/mol. The molecule has 1 saturated heterocycles. The van der Waals surface area contributed by atoms with E-state index in [-0.39, 0.29) is 23.5 Å². The molecule has 0 aliphatic carbocycles. The molecule has 1 fully saturated rings. The number of halogens is 1. The number of methoxy groups -OCH3 is 1. The van der Waals surface area contributed by atoms with E-state index in [1.807, 2.05) is 6.92 Å². The van der Waals surface area contributed by atoms with Crippen LogP contribution >= 0.6 is 0 Å². The maximum Gasteiger partial charge on any atom is 0.240 e. The van der Waals surface area contributed by atoms with E-state index >= 15 is 0 Å². The maximum atomic E-state index is 14.1. The molecule has 0 spiro atoms. The van der Waals surface area contributed by atoms with Crippen molar-refractivity contribution in [3.63, 3.8) is 0 Å². The van der Waals surface area contributed by atoms with E-state index in [1.54, 1.807) is 23.1 Å². The normalized spacial score (nSPS) is 19.6. The average Bonchev–Trinajstić information content (AvgIpc) is 2.43. The van der Waals surface area contributed by atoms with Crippen LogP contribution in [0.1, 0.15) is 18.9 Å². The Balaban J connectivity index is 2.14. The summed E-state index contributed by atoms with van der Waals surface area (Å²) in [5.41, 5.74) is 0.490. The second kappa shape index (κ2) is 6.02. The van der Waals surface area contributed by atoms with Crippen molar-refractivity contribution in [3.8, 4) is 5.75 Å². The molecule has 1 aliphatic rings. The molecule has 0 radical (unpaired) electrons. The number of piperazine rings is 1. The number of carbonyl (C=O) groups excluding carboxylic acids is 1. The van der Waals surface area contributed by atoms with Crippen LogP contribution in [0, 0.1) is 5.82 Å². The highest BCUT2D eigenvalue weighted by atomic mass is 19.1. The van der Waals surface area contributed by atoms with E-state index in [2.05, 4.69) is 5.32 Å². The number of nitrogens with zero attached hydrogens (tertiary/aromatic N) is 1. The van der Waals surface area contributed by atoms with Crippen molar-refractivity contribution in [1.29, 1.82) is 0 Å². The first-order valence-electron chi connectivity index (χ1n) is 6.51. The zero-order chi connectivity index (χ0) is 13.8. The van der Waals surface area contributed by atoms with Gasteiger partial charge < -0.3 is 15.0 Å². The van der Waals surface area contributed by atoms with Crippen molar-refractivity contribution >= 4 is 5.91 Å². The fraction of sp³-hybridized carbons (Fsp3) is 0.500. The molecular weight excluding hydrogens is 247 g/mol. The number of hydrogen-bond donors (Lipinski definition) is 1. The number of amides is 1. The minimum absolute atomic E-state index is 0.0379. The van der Waals surface area contributed by atoms with Gasteiger partial charge in [-0.15, -0.1) is 0 Å². The van der Waals surface area contributed by atoms with Gasteiger partial charge in [0.2, 0.25) is 5.91 Å². The molecule has 1 unspecified atom stereocenters. The first kappa shape index (κ1) is 13.8. The van der Waals surface area contributed by atoms with Crippen molar-refractivity contribution in [2.45, 2.75) is 25.9 Å². The third-order valence-corrected chi connectivity index (χ3v) is 3.41. The number of carbonyl (C=O) groups is 1. The molecule has 1 N–H and O–H groups in total. The van der Waals surface area contributed by atoms with Crippen molar-refractivity contribution in [1.82, 2.24) is 10.2 Å². The van der Waals surface area contributed by atoms with Crippen LogP contribution in [0.15, 0.2) is 18.2 Å². The van der Waals surface area contributed by atoms with Crippen LogP contribution in [0.3, 0.4) is 0 Å². The lowest BCUT2D eigenvalue weighted by molar-refractivity contribution is -0.136. The minimum Gasteiger partial charge on any atom is -0.494 e. The van der Waals surface area contributed by atoms with E-state index < -0.39 is 0 Å². The van der Waals surface area contributed by atoms with Gasteiger partial charge in [0.05, 0.1) is 13.2 Å². The molecule has 0 aromatic heterocycles. The monoisotopic (exact) mass is 266 g/mol. The SMILES string of the molecule is CCC1NCCN(Cc2cccc(OC)c2F)C1=O. The van der Waals surface area contributed by atoms with Crippen LogP contribution in [0.5, 0.6) is 5.75 Å². The molecule has 1 aromatic carbocycles. The van der Waals surface area contributed by atoms with Gasteiger partial charge in [0.15, 0.2) is 11.6 Å². The Kier molecular flexibility index (Phi) is 4.37. The van der Waals surface area contributed by atoms with E-state index in [0.717, 1.165) is 13.0 Å². The lowest BCUT2D eigenvalue weighted by Crippen LogP contribution is -2.54. The second-order valence-corrected chi connectivity index (χ2v) is 4.61. The number of ether oxygens (including phenoxy) is 1. The lowest BCUT2D eigenvalue weighted by atomic mass is 10.1. The van der Waals surface area contributed by atoms with E-state index in [1.165, 1.54) is 7.11 Å². The highest BCUT2D eigenvalue weighted by molar-refractivity contribution is 5.82. The number of nitrogens with one attached hydrogen (secondary N) is 1. The summed E-state index contributed by atoms with van der Waals surface area (Å²) in [5, 5.41) is 3.16. The van der Waals surface area contributed by atoms with Crippen LogP contribution in [-0.2, 0) is 11.3 Å². The summed E-state index contributed by atoms with van der Waals surface area (Å²) in [4.78, 5) is 13.8. The quantitative estimate of drug-likeness (QED) is 0.899. The largest absolute Gasteiger partial charge is 0.494 e. The standard InChI is InChI=1S/C14H19FN2O2/c1-3-11-14(18)17(8-7-16-11)9-10-5-4-6-12(19-2)13(10)15/h4-6,11,16H,3,7-9H2,1-2H3. The molecular formula is C14H19FN2O2. The number of rotatable bonds is 4. The van der Waals surface area contributed by atoms with Gasteiger partial charge in [-0.25, -0.2) is 4.39 Å². The summed E-state index contributed by atoms with van der Waals surface area (Å²) in [6.07, 6.45) is 0.746. The fourth-order valence-electron chi connectivity index (χ4n) is 2.31. The summed E-state index contributed by atoms with van der Waals surface area (Å²) in [6.45, 7) is 3.60. The van der Waals surface area contributed by atoms with Crippen molar-refractivity contribution in [2.24, 2.45) is 0 Å². The Morgan fingerprint density at radius 1 is 1.53 bits per heavy atom. The van der Waals surface area contributed by atoms with Gasteiger partial charge in [-0.1, -0.05) is 19.1 Å². The molecule has 4 nitrogen and oxygen atoms in total. The van der Waals surface area contributed by atoms with Gasteiger partial charge in [-0.05, 0) is 12.5 Å². The second-order valence-electron chi connectivity index (χ2n) is 4.61. The number of hydrogen-bond acceptors (Lipinski definition) is 3. The molecule has 1 atom stereocenters. The Morgan fingerprint density at radius 2 is 2.32 bits per heavy atom. The molecule has 1 heterocycles. The Bertz CT molecular complexity index is 465. The molecule has 1 amide bonds. The minimum atomic E-state index is -0.385. The highest BCUT2D eigenvalue weighted by Crippen LogP contribution is 2.21. The Hall–Kier alpha value is -1.62. The Morgan fingerprint density at radius 3 is 3.00 bits per heavy atom. The first-order chi connectivity index (χ1) is 9.17. The predicted molar refractivity (Wildman–Crippen MR) is 70.5 cm³/mol. The van der Waals surface area contributed by atoms with Crippen molar-refractivity contribution < 1.29 is 13.9 Å². The molecule has 19 heavy (non-hydrogen) atoms. The Labute approximate surface area is 112 Å². The molecule has 1 aromatic rings. The molecule has 5 heteroatoms. The predicted octanol–water partition coefficient (Wildman–Crippen LogP) is 1.54. The van der Waals surface area contributed by atoms with Gasteiger partial charge in [-0.3, -0.25) is 4.79 Å². The summed E-state index contributed by atoms with van der Waals surface area (Å²) in [6, 6.07) is 4.85. The van der Waals surface area contributed by atoms with Crippen molar-refractivity contribution in [3.05, 3.63) is 29.6 Å². The fourth-order valence-corrected chi connectivity index (χ4v) is 2.31. The molecule has 0 bridgehead atoms.